The number of nitrogen functional groups attached to an aromatic ring is 1. The molecule has 1 aromatic carbocycles. The molecule has 0 heterocycles. The van der Waals surface area contributed by atoms with Gasteiger partial charge in [0.15, 0.2) is 0 Å². The zero-order valence-corrected chi connectivity index (χ0v) is 6.45. The Kier molecular flexibility index (Phi) is 2.66. The summed E-state index contributed by atoms with van der Waals surface area (Å²) in [5.74, 6) is -0.329. The number of hydrogen-bond donors (Lipinski definition) is 3. The van der Waals surface area contributed by atoms with Gasteiger partial charge in [0.1, 0.15) is 6.73 Å². The van der Waals surface area contributed by atoms with Crippen LogP contribution in [0, 0.1) is 0 Å². The molecule has 0 fully saturated rings. The van der Waals surface area contributed by atoms with E-state index in [1.807, 2.05) is 0 Å². The van der Waals surface area contributed by atoms with Crippen molar-refractivity contribution >= 4 is 11.6 Å². The predicted molar refractivity (Wildman–Crippen MR) is 45.4 cm³/mol. The number of hydrogen-bond acceptors (Lipinski definition) is 3. The summed E-state index contributed by atoms with van der Waals surface area (Å²) in [4.78, 5) is 11.1. The largest absolute Gasteiger partial charge is 0.399 e. The van der Waals surface area contributed by atoms with Crippen LogP contribution in [0.15, 0.2) is 24.3 Å². The summed E-state index contributed by atoms with van der Waals surface area (Å²) in [7, 11) is 0. The topological polar surface area (TPSA) is 75.4 Å². The highest BCUT2D eigenvalue weighted by atomic mass is 16.3. The second-order valence-corrected chi connectivity index (χ2v) is 2.29. The van der Waals surface area contributed by atoms with Gasteiger partial charge in [0.05, 0.1) is 0 Å². The van der Waals surface area contributed by atoms with Gasteiger partial charge in [0, 0.05) is 11.3 Å². The summed E-state index contributed by atoms with van der Waals surface area (Å²) in [6.45, 7) is -0.367. The smallest absolute Gasteiger partial charge is 0.253 e. The molecule has 1 aromatic rings. The Morgan fingerprint density at radius 2 is 2.33 bits per heavy atom. The maximum absolute atomic E-state index is 11.1. The molecule has 12 heavy (non-hydrogen) atoms. The van der Waals surface area contributed by atoms with Crippen LogP contribution >= 0.6 is 0 Å². The van der Waals surface area contributed by atoms with Crippen LogP contribution in [-0.4, -0.2) is 17.7 Å². The first-order chi connectivity index (χ1) is 5.74. The molecule has 4 nitrogen and oxygen atoms in total. The number of carbonyl (C=O) groups is 1. The van der Waals surface area contributed by atoms with Crippen molar-refractivity contribution in [3.8, 4) is 0 Å². The van der Waals surface area contributed by atoms with Gasteiger partial charge in [-0.15, -0.1) is 0 Å². The molecular formula is C8H10N2O2. The number of carbonyl (C=O) groups excluding carboxylic acids is 1. The van der Waals surface area contributed by atoms with Crippen molar-refractivity contribution in [2.75, 3.05) is 12.5 Å². The van der Waals surface area contributed by atoms with Crippen molar-refractivity contribution in [3.05, 3.63) is 29.8 Å². The summed E-state index contributed by atoms with van der Waals surface area (Å²) in [6.07, 6.45) is 0. The molecule has 4 N–H and O–H groups in total. The number of aliphatic hydroxyl groups is 1. The number of rotatable bonds is 2. The Hall–Kier alpha value is -1.55. The third kappa shape index (κ3) is 1.96. The lowest BCUT2D eigenvalue weighted by Crippen LogP contribution is -2.23. The highest BCUT2D eigenvalue weighted by molar-refractivity contribution is 5.94. The average Bonchev–Trinajstić information content (AvgIpc) is 2.05. The summed E-state index contributed by atoms with van der Waals surface area (Å²) in [6, 6.07) is 6.55. The van der Waals surface area contributed by atoms with Crippen LogP contribution in [0.2, 0.25) is 0 Å². The van der Waals surface area contributed by atoms with E-state index in [1.165, 1.54) is 0 Å². The number of aliphatic hydroxyl groups excluding tert-OH is 1. The number of nitrogens with one attached hydrogen (secondary N) is 1. The number of nitrogens with two attached hydrogens (primary N) is 1. The van der Waals surface area contributed by atoms with Crippen LogP contribution in [0.1, 0.15) is 10.4 Å². The predicted octanol–water partition coefficient (Wildman–Crippen LogP) is -0.0516. The van der Waals surface area contributed by atoms with E-state index < -0.39 is 0 Å². The highest BCUT2D eigenvalue weighted by Crippen LogP contribution is 2.05. The molecule has 0 aromatic heterocycles. The van der Waals surface area contributed by atoms with Crippen LogP contribution in [0.4, 0.5) is 5.69 Å². The Bertz CT molecular complexity index is 286. The van der Waals surface area contributed by atoms with E-state index in [4.69, 9.17) is 10.8 Å². The molecule has 0 unspecified atom stereocenters. The standard InChI is InChI=1S/C8H10N2O2/c9-7-3-1-2-6(4-7)8(12)10-5-11/h1-4,11H,5,9H2,(H,10,12). The van der Waals surface area contributed by atoms with Crippen LogP contribution in [0.5, 0.6) is 0 Å². The second kappa shape index (κ2) is 3.73. The molecule has 1 amide bonds. The van der Waals surface area contributed by atoms with Gasteiger partial charge in [-0.05, 0) is 18.2 Å². The lowest BCUT2D eigenvalue weighted by atomic mass is 10.2. The average molecular weight is 166 g/mol. The highest BCUT2D eigenvalue weighted by Gasteiger charge is 2.02. The molecule has 0 saturated carbocycles. The fourth-order valence-electron chi connectivity index (χ4n) is 0.854. The van der Waals surface area contributed by atoms with Crippen molar-refractivity contribution in [1.82, 2.24) is 5.32 Å². The Balaban J connectivity index is 2.81. The van der Waals surface area contributed by atoms with E-state index in [1.54, 1.807) is 24.3 Å². The molecule has 0 bridgehead atoms. The third-order valence-electron chi connectivity index (χ3n) is 1.39. The maximum Gasteiger partial charge on any atom is 0.253 e. The quantitative estimate of drug-likeness (QED) is 0.426. The summed E-state index contributed by atoms with van der Waals surface area (Å²) >= 11 is 0. The summed E-state index contributed by atoms with van der Waals surface area (Å²) in [5.41, 5.74) is 6.43. The van der Waals surface area contributed by atoms with Crippen molar-refractivity contribution < 1.29 is 9.90 Å². The van der Waals surface area contributed by atoms with Crippen LogP contribution < -0.4 is 11.1 Å². The van der Waals surface area contributed by atoms with Gasteiger partial charge in [0.25, 0.3) is 5.91 Å². The van der Waals surface area contributed by atoms with Gasteiger partial charge in [-0.2, -0.15) is 0 Å². The molecule has 0 aliphatic heterocycles. The number of anilines is 1. The molecule has 0 atom stereocenters. The van der Waals surface area contributed by atoms with E-state index in [0.29, 0.717) is 11.3 Å². The van der Waals surface area contributed by atoms with E-state index in [2.05, 4.69) is 5.32 Å². The fourth-order valence-corrected chi connectivity index (χ4v) is 0.854. The third-order valence-corrected chi connectivity index (χ3v) is 1.39. The van der Waals surface area contributed by atoms with Crippen LogP contribution in [0.25, 0.3) is 0 Å². The lowest BCUT2D eigenvalue weighted by Gasteiger charge is -2.01. The van der Waals surface area contributed by atoms with Gasteiger partial charge < -0.3 is 16.2 Å². The van der Waals surface area contributed by atoms with E-state index in [0.717, 1.165) is 0 Å². The minimum Gasteiger partial charge on any atom is -0.399 e. The molecule has 0 aliphatic rings. The Morgan fingerprint density at radius 1 is 1.58 bits per heavy atom. The molecule has 4 heteroatoms. The number of amides is 1. The SMILES string of the molecule is Nc1cccc(C(=O)NCO)c1. The zero-order valence-electron chi connectivity index (χ0n) is 6.45. The lowest BCUT2D eigenvalue weighted by molar-refractivity contribution is 0.0910. The minimum absolute atomic E-state index is 0.329. The van der Waals surface area contributed by atoms with Crippen molar-refractivity contribution in [2.45, 2.75) is 0 Å². The van der Waals surface area contributed by atoms with Crippen LogP contribution in [0.3, 0.4) is 0 Å². The first-order valence-corrected chi connectivity index (χ1v) is 3.48. The summed E-state index contributed by atoms with van der Waals surface area (Å²) < 4.78 is 0. The zero-order chi connectivity index (χ0) is 8.97. The van der Waals surface area contributed by atoms with Gasteiger partial charge in [0.2, 0.25) is 0 Å². The van der Waals surface area contributed by atoms with Gasteiger partial charge >= 0.3 is 0 Å². The first-order valence-electron chi connectivity index (χ1n) is 3.48. The number of benzene rings is 1. The molecule has 0 aliphatic carbocycles. The monoisotopic (exact) mass is 166 g/mol. The first kappa shape index (κ1) is 8.55. The fraction of sp³-hybridized carbons (Fsp3) is 0.125. The molecule has 1 rings (SSSR count). The second-order valence-electron chi connectivity index (χ2n) is 2.29. The molecular weight excluding hydrogens is 156 g/mol. The molecule has 0 saturated heterocycles. The Labute approximate surface area is 70.0 Å². The summed E-state index contributed by atoms with van der Waals surface area (Å²) in [5, 5.41) is 10.7. The minimum atomic E-state index is -0.367. The van der Waals surface area contributed by atoms with Crippen LogP contribution in [-0.2, 0) is 0 Å². The van der Waals surface area contributed by atoms with Gasteiger partial charge in [-0.25, -0.2) is 0 Å². The van der Waals surface area contributed by atoms with Gasteiger partial charge in [-0.3, -0.25) is 4.79 Å². The van der Waals surface area contributed by atoms with Crippen molar-refractivity contribution in [1.29, 1.82) is 0 Å². The molecule has 0 radical (unpaired) electrons. The van der Waals surface area contributed by atoms with E-state index >= 15 is 0 Å². The van der Waals surface area contributed by atoms with Crippen molar-refractivity contribution in [3.63, 3.8) is 0 Å². The van der Waals surface area contributed by atoms with Crippen molar-refractivity contribution in [2.24, 2.45) is 0 Å². The molecule has 64 valence electrons. The van der Waals surface area contributed by atoms with E-state index in [9.17, 15) is 4.79 Å². The molecule has 0 spiro atoms. The van der Waals surface area contributed by atoms with E-state index in [-0.39, 0.29) is 12.6 Å². The van der Waals surface area contributed by atoms with Gasteiger partial charge in [-0.1, -0.05) is 6.07 Å². The maximum atomic E-state index is 11.1. The Morgan fingerprint density at radius 3 is 2.92 bits per heavy atom. The normalized spacial score (nSPS) is 9.42.